The Hall–Kier alpha value is -1.91. The fourth-order valence-electron chi connectivity index (χ4n) is 0.550. The summed E-state index contributed by atoms with van der Waals surface area (Å²) < 4.78 is 0. The minimum atomic E-state index is -0.417. The third-order valence-corrected chi connectivity index (χ3v) is 0.967. The average molecular weight is 169 g/mol. The molecular formula is C7H7NO4. The summed E-state index contributed by atoms with van der Waals surface area (Å²) in [6, 6.07) is 7.93. The number of carboxylic acid groups (broad SMARTS) is 1. The molecule has 0 aromatic heterocycles. The Bertz CT molecular complexity index is 247. The van der Waals surface area contributed by atoms with Crippen LogP contribution in [-0.4, -0.2) is 16.5 Å². The molecule has 0 amide bonds. The molecule has 1 N–H and O–H groups in total. The Morgan fingerprint density at radius 3 is 2.00 bits per heavy atom. The highest BCUT2D eigenvalue weighted by atomic mass is 16.6. The van der Waals surface area contributed by atoms with Crippen molar-refractivity contribution < 1.29 is 14.8 Å². The number of para-hydroxylation sites is 1. The lowest BCUT2D eigenvalue weighted by molar-refractivity contribution is -0.384. The average Bonchev–Trinajstić information content (AvgIpc) is 2.07. The van der Waals surface area contributed by atoms with E-state index in [2.05, 4.69) is 0 Å². The summed E-state index contributed by atoms with van der Waals surface area (Å²) in [6.45, 7) is -0.250. The molecule has 1 aromatic carbocycles. The smallest absolute Gasteiger partial charge is 0.290 e. The molecule has 1 aromatic rings. The normalized spacial score (nSPS) is 7.67. The number of nitrogens with zero attached hydrogens (tertiary/aromatic N) is 1. The molecule has 0 aliphatic rings. The monoisotopic (exact) mass is 169 g/mol. The van der Waals surface area contributed by atoms with Crippen LogP contribution < -0.4 is 0 Å². The first-order valence-electron chi connectivity index (χ1n) is 2.99. The van der Waals surface area contributed by atoms with Crippen LogP contribution in [0.4, 0.5) is 5.69 Å². The highest BCUT2D eigenvalue weighted by molar-refractivity contribution is 5.32. The number of nitro groups is 1. The van der Waals surface area contributed by atoms with E-state index >= 15 is 0 Å². The third kappa shape index (κ3) is 3.99. The fraction of sp³-hybridized carbons (Fsp3) is 0. The molecule has 0 unspecified atom stereocenters. The van der Waals surface area contributed by atoms with E-state index in [-0.39, 0.29) is 12.2 Å². The number of nitro benzene ring substituents is 1. The highest BCUT2D eigenvalue weighted by Gasteiger charge is 1.98. The van der Waals surface area contributed by atoms with E-state index in [4.69, 9.17) is 9.90 Å². The summed E-state index contributed by atoms with van der Waals surface area (Å²) in [5.41, 5.74) is 0.137. The zero-order valence-electron chi connectivity index (χ0n) is 6.08. The van der Waals surface area contributed by atoms with Crippen molar-refractivity contribution in [2.24, 2.45) is 0 Å². The molecule has 12 heavy (non-hydrogen) atoms. The summed E-state index contributed by atoms with van der Waals surface area (Å²) in [7, 11) is 0. The summed E-state index contributed by atoms with van der Waals surface area (Å²) in [4.78, 5) is 18.0. The standard InChI is InChI=1S/C6H5NO2.CH2O2/c8-7(9)6-4-2-1-3-5-6;2-1-3/h1-5H;1H,(H,2,3). The molecule has 0 fully saturated rings. The van der Waals surface area contributed by atoms with E-state index in [0.29, 0.717) is 0 Å². The zero-order valence-corrected chi connectivity index (χ0v) is 6.08. The van der Waals surface area contributed by atoms with Gasteiger partial charge >= 0.3 is 0 Å². The minimum Gasteiger partial charge on any atom is -0.483 e. The molecule has 0 spiro atoms. The number of carbonyl (C=O) groups is 1. The van der Waals surface area contributed by atoms with E-state index in [1.807, 2.05) is 0 Å². The molecule has 0 aliphatic carbocycles. The quantitative estimate of drug-likeness (QED) is 0.390. The molecule has 0 atom stereocenters. The van der Waals surface area contributed by atoms with Crippen LogP contribution >= 0.6 is 0 Å². The summed E-state index contributed by atoms with van der Waals surface area (Å²) >= 11 is 0. The van der Waals surface area contributed by atoms with Crippen LogP contribution in [0.25, 0.3) is 0 Å². The second-order valence-corrected chi connectivity index (χ2v) is 1.70. The van der Waals surface area contributed by atoms with Gasteiger partial charge in [0.05, 0.1) is 4.92 Å². The molecule has 5 nitrogen and oxygen atoms in total. The Labute approximate surface area is 68.4 Å². The van der Waals surface area contributed by atoms with Gasteiger partial charge in [-0.25, -0.2) is 0 Å². The molecule has 0 heterocycles. The predicted molar refractivity (Wildman–Crippen MR) is 41.8 cm³/mol. The molecule has 0 bridgehead atoms. The van der Waals surface area contributed by atoms with Crippen LogP contribution in [0.5, 0.6) is 0 Å². The van der Waals surface area contributed by atoms with E-state index in [9.17, 15) is 10.1 Å². The number of non-ortho nitro benzene ring substituents is 1. The van der Waals surface area contributed by atoms with Gasteiger partial charge in [0.15, 0.2) is 0 Å². The Balaban J connectivity index is 0.000000354. The van der Waals surface area contributed by atoms with Crippen molar-refractivity contribution in [3.63, 3.8) is 0 Å². The SMILES string of the molecule is O=CO.O=[N+]([O-])c1ccccc1. The van der Waals surface area contributed by atoms with Gasteiger partial charge in [0.2, 0.25) is 0 Å². The highest BCUT2D eigenvalue weighted by Crippen LogP contribution is 2.06. The Kier molecular flexibility index (Phi) is 4.91. The maximum absolute atomic E-state index is 10.0. The van der Waals surface area contributed by atoms with Gasteiger partial charge in [0, 0.05) is 12.1 Å². The lowest BCUT2D eigenvalue weighted by Gasteiger charge is -1.85. The number of hydrogen-bond donors (Lipinski definition) is 1. The summed E-state index contributed by atoms with van der Waals surface area (Å²) in [5, 5.41) is 16.9. The third-order valence-electron chi connectivity index (χ3n) is 0.967. The number of benzene rings is 1. The fourth-order valence-corrected chi connectivity index (χ4v) is 0.550. The minimum absolute atomic E-state index is 0.137. The van der Waals surface area contributed by atoms with Crippen molar-refractivity contribution >= 4 is 12.2 Å². The van der Waals surface area contributed by atoms with E-state index in [1.54, 1.807) is 18.2 Å². The predicted octanol–water partition coefficient (Wildman–Crippen LogP) is 1.30. The van der Waals surface area contributed by atoms with Crippen molar-refractivity contribution in [2.75, 3.05) is 0 Å². The van der Waals surface area contributed by atoms with E-state index in [0.717, 1.165) is 0 Å². The van der Waals surface area contributed by atoms with Crippen LogP contribution in [0.15, 0.2) is 30.3 Å². The van der Waals surface area contributed by atoms with Gasteiger partial charge in [0.1, 0.15) is 0 Å². The van der Waals surface area contributed by atoms with E-state index in [1.165, 1.54) is 12.1 Å². The Morgan fingerprint density at radius 2 is 1.75 bits per heavy atom. The molecule has 1 rings (SSSR count). The molecule has 0 saturated heterocycles. The second kappa shape index (κ2) is 5.84. The first-order valence-corrected chi connectivity index (χ1v) is 2.99. The van der Waals surface area contributed by atoms with Gasteiger partial charge in [-0.1, -0.05) is 18.2 Å². The van der Waals surface area contributed by atoms with Crippen LogP contribution in [0, 0.1) is 10.1 Å². The van der Waals surface area contributed by atoms with Crippen molar-refractivity contribution in [1.82, 2.24) is 0 Å². The first-order chi connectivity index (χ1) is 5.72. The maximum Gasteiger partial charge on any atom is 0.290 e. The molecule has 0 saturated carbocycles. The van der Waals surface area contributed by atoms with Crippen LogP contribution in [0.1, 0.15) is 0 Å². The van der Waals surface area contributed by atoms with Crippen molar-refractivity contribution in [3.05, 3.63) is 40.4 Å². The molecule has 0 radical (unpaired) electrons. The largest absolute Gasteiger partial charge is 0.483 e. The van der Waals surface area contributed by atoms with E-state index < -0.39 is 4.92 Å². The van der Waals surface area contributed by atoms with Gasteiger partial charge in [-0.3, -0.25) is 14.9 Å². The second-order valence-electron chi connectivity index (χ2n) is 1.70. The van der Waals surface area contributed by atoms with Crippen molar-refractivity contribution in [2.45, 2.75) is 0 Å². The van der Waals surface area contributed by atoms with Crippen molar-refractivity contribution in [1.29, 1.82) is 0 Å². The summed E-state index contributed by atoms with van der Waals surface area (Å²) in [6.07, 6.45) is 0. The van der Waals surface area contributed by atoms with Crippen LogP contribution in [0.3, 0.4) is 0 Å². The van der Waals surface area contributed by atoms with Gasteiger partial charge < -0.3 is 5.11 Å². The van der Waals surface area contributed by atoms with Gasteiger partial charge in [-0.2, -0.15) is 0 Å². The lowest BCUT2D eigenvalue weighted by Crippen LogP contribution is -1.84. The van der Waals surface area contributed by atoms with Crippen LogP contribution in [0.2, 0.25) is 0 Å². The van der Waals surface area contributed by atoms with Gasteiger partial charge in [-0.05, 0) is 0 Å². The maximum atomic E-state index is 10.0. The Morgan fingerprint density at radius 1 is 1.33 bits per heavy atom. The van der Waals surface area contributed by atoms with Gasteiger partial charge in [-0.15, -0.1) is 0 Å². The number of hydrogen-bond acceptors (Lipinski definition) is 3. The molecule has 0 aliphatic heterocycles. The van der Waals surface area contributed by atoms with Crippen LogP contribution in [-0.2, 0) is 4.79 Å². The topological polar surface area (TPSA) is 80.4 Å². The summed E-state index contributed by atoms with van der Waals surface area (Å²) in [5.74, 6) is 0. The molecular weight excluding hydrogens is 162 g/mol. The van der Waals surface area contributed by atoms with Crippen molar-refractivity contribution in [3.8, 4) is 0 Å². The first kappa shape index (κ1) is 10.1. The lowest BCUT2D eigenvalue weighted by atomic mass is 10.3. The number of rotatable bonds is 1. The van der Waals surface area contributed by atoms with Gasteiger partial charge in [0.25, 0.3) is 12.2 Å². The zero-order chi connectivity index (χ0) is 9.40. The molecule has 64 valence electrons. The molecule has 5 heteroatoms.